The number of hydrogen-bond acceptors (Lipinski definition) is 5. The molecule has 0 unspecified atom stereocenters. The van der Waals surface area contributed by atoms with Gasteiger partial charge in [0, 0.05) is 0 Å². The van der Waals surface area contributed by atoms with E-state index < -0.39 is 37.7 Å². The van der Waals surface area contributed by atoms with Crippen LogP contribution >= 0.6 is 0 Å². The fourth-order valence-corrected chi connectivity index (χ4v) is 5.82. The van der Waals surface area contributed by atoms with Crippen LogP contribution in [0.1, 0.15) is 77.6 Å². The molecule has 1 atom stereocenters. The fourth-order valence-electron chi connectivity index (χ4n) is 3.63. The van der Waals surface area contributed by atoms with Gasteiger partial charge in [0.05, 0.1) is 0 Å². The minimum absolute atomic E-state index is 0.0865. The number of rotatable bonds is 17. The van der Waals surface area contributed by atoms with Gasteiger partial charge in [0.15, 0.2) is 0 Å². The predicted octanol–water partition coefficient (Wildman–Crippen LogP) is 4.84. The maximum absolute atomic E-state index is 12.7. The van der Waals surface area contributed by atoms with E-state index in [9.17, 15) is 19.5 Å². The number of unbranched alkanes of at least 4 members (excludes halogenated alkanes) is 9. The molecule has 1 aromatic carbocycles. The van der Waals surface area contributed by atoms with Crippen LogP contribution in [0.5, 0.6) is 0 Å². The Morgan fingerprint density at radius 3 is 1.82 bits per heavy atom. The molecule has 0 radical (unpaired) electrons. The Morgan fingerprint density at radius 2 is 1.33 bits per heavy atom. The summed E-state index contributed by atoms with van der Waals surface area (Å²) in [6.07, 6.45) is 11.7. The minimum atomic E-state index is -1.15. The number of ether oxygens (including phenoxy) is 2. The Bertz CT molecular complexity index is 759. The van der Waals surface area contributed by atoms with Crippen molar-refractivity contribution in [3.05, 3.63) is 41.5 Å². The molecule has 0 amide bonds. The summed E-state index contributed by atoms with van der Waals surface area (Å²) in [6, 6.07) is 9.14. The Morgan fingerprint density at radius 1 is 0.818 bits per heavy atom. The summed E-state index contributed by atoms with van der Waals surface area (Å²) in [5, 5.41) is 9.92. The van der Waals surface area contributed by atoms with E-state index in [0.29, 0.717) is 12.8 Å². The van der Waals surface area contributed by atoms with Crippen molar-refractivity contribution in [2.75, 3.05) is 14.2 Å². The molecule has 0 saturated heterocycles. The van der Waals surface area contributed by atoms with E-state index in [1.807, 2.05) is 30.3 Å². The first-order valence-corrected chi connectivity index (χ1v) is 13.6. The molecule has 6 nitrogen and oxygen atoms in total. The Balaban J connectivity index is 2.89. The van der Waals surface area contributed by atoms with Crippen LogP contribution in [0, 0.1) is 0 Å². The second-order valence-corrected chi connectivity index (χ2v) is 10.4. The van der Waals surface area contributed by atoms with Crippen LogP contribution < -0.4 is 4.46 Å². The normalized spacial score (nSPS) is 12.6. The summed E-state index contributed by atoms with van der Waals surface area (Å²) in [6.45, 7) is 2.21. The molecule has 0 aliphatic heterocycles. The van der Waals surface area contributed by atoms with E-state index in [-0.39, 0.29) is 11.1 Å². The van der Waals surface area contributed by atoms with Gasteiger partial charge in [-0.15, -0.1) is 0 Å². The quantitative estimate of drug-likeness (QED) is 0.135. The molecule has 0 aliphatic rings. The first kappa shape index (κ1) is 28.9. The number of carbonyl (C=O) groups is 3. The first-order valence-electron chi connectivity index (χ1n) is 11.8. The van der Waals surface area contributed by atoms with Gasteiger partial charge in [0.2, 0.25) is 0 Å². The molecule has 0 spiro atoms. The monoisotopic (exact) mass is 526 g/mol. The molecule has 0 fully saturated rings. The summed E-state index contributed by atoms with van der Waals surface area (Å²) in [4.78, 5) is 36.2. The van der Waals surface area contributed by atoms with Crippen molar-refractivity contribution >= 4 is 37.3 Å². The van der Waals surface area contributed by atoms with Gasteiger partial charge in [0.25, 0.3) is 0 Å². The van der Waals surface area contributed by atoms with Crippen molar-refractivity contribution in [3.8, 4) is 0 Å². The number of methoxy groups -OCH3 is 2. The van der Waals surface area contributed by atoms with Crippen LogP contribution in [0.3, 0.4) is 0 Å². The Hall–Kier alpha value is -2.11. The summed E-state index contributed by atoms with van der Waals surface area (Å²) in [5.74, 6) is -2.60. The van der Waals surface area contributed by atoms with Crippen LogP contribution in [-0.2, 0) is 23.9 Å². The van der Waals surface area contributed by atoms with Gasteiger partial charge in [-0.1, -0.05) is 19.8 Å². The second kappa shape index (κ2) is 17.4. The number of carboxylic acid groups (broad SMARTS) is 1. The van der Waals surface area contributed by atoms with Crippen molar-refractivity contribution in [1.29, 1.82) is 0 Å². The molecular weight excluding hydrogens is 487 g/mol. The van der Waals surface area contributed by atoms with Crippen LogP contribution in [0.2, 0.25) is 4.82 Å². The molecule has 1 rings (SSSR count). The van der Waals surface area contributed by atoms with E-state index in [1.165, 1.54) is 52.7 Å². The summed E-state index contributed by atoms with van der Waals surface area (Å²) >= 11 is -0.604. The molecule has 7 heteroatoms. The van der Waals surface area contributed by atoms with Gasteiger partial charge in [-0.25, -0.2) is 0 Å². The summed E-state index contributed by atoms with van der Waals surface area (Å²) < 4.78 is 10.6. The number of hydrogen-bond donors (Lipinski definition) is 1. The second-order valence-electron chi connectivity index (χ2n) is 7.96. The predicted molar refractivity (Wildman–Crippen MR) is 131 cm³/mol. The zero-order valence-electron chi connectivity index (χ0n) is 20.1. The third-order valence-electron chi connectivity index (χ3n) is 5.43. The molecule has 0 aromatic heterocycles. The van der Waals surface area contributed by atoms with Gasteiger partial charge in [-0.3, -0.25) is 0 Å². The van der Waals surface area contributed by atoms with E-state index in [1.54, 1.807) is 0 Å². The summed E-state index contributed by atoms with van der Waals surface area (Å²) in [5.41, 5.74) is 0.0331. The zero-order chi connectivity index (χ0) is 24.5. The Labute approximate surface area is 204 Å². The van der Waals surface area contributed by atoms with Crippen molar-refractivity contribution in [3.63, 3.8) is 0 Å². The van der Waals surface area contributed by atoms with E-state index in [4.69, 9.17) is 9.47 Å². The Kier molecular flexibility index (Phi) is 15.2. The van der Waals surface area contributed by atoms with Crippen LogP contribution in [0.4, 0.5) is 0 Å². The van der Waals surface area contributed by atoms with Gasteiger partial charge < -0.3 is 0 Å². The van der Waals surface area contributed by atoms with Gasteiger partial charge in [0.1, 0.15) is 0 Å². The number of carboxylic acids is 1. The first-order chi connectivity index (χ1) is 16.0. The third kappa shape index (κ3) is 11.0. The van der Waals surface area contributed by atoms with Crippen molar-refractivity contribution < 1.29 is 29.0 Å². The van der Waals surface area contributed by atoms with Crippen LogP contribution in [0.15, 0.2) is 41.5 Å². The molecule has 1 aromatic rings. The van der Waals surface area contributed by atoms with Gasteiger partial charge in [-0.2, -0.15) is 0 Å². The summed E-state index contributed by atoms with van der Waals surface area (Å²) in [7, 11) is 2.44. The topological polar surface area (TPSA) is 89.9 Å². The number of aliphatic carboxylic acids is 1. The molecule has 0 heterocycles. The van der Waals surface area contributed by atoms with Crippen LogP contribution in [0.25, 0.3) is 0 Å². The standard InChI is InChI=1S/C26H38O6Se/c1-4-5-6-7-8-9-10-11-12-16-19-21(25(29)31-2)22(26(30)32-3)23(24(27)28)33-20-17-14-13-15-18-20/h13-15,17-18,23H,4-12,16,19H2,1-3H3,(H,27,28)/b22-21-/t23-/m1/s1. The number of benzene rings is 1. The van der Waals surface area contributed by atoms with Crippen LogP contribution in [-0.4, -0.2) is 52.2 Å². The van der Waals surface area contributed by atoms with E-state index in [2.05, 4.69) is 6.92 Å². The zero-order valence-corrected chi connectivity index (χ0v) is 21.9. The van der Waals surface area contributed by atoms with Gasteiger partial charge in [-0.05, 0) is 0 Å². The third-order valence-corrected chi connectivity index (χ3v) is 7.98. The average molecular weight is 526 g/mol. The molecule has 1 N–H and O–H groups in total. The maximum atomic E-state index is 12.7. The number of esters is 2. The average Bonchev–Trinajstić information content (AvgIpc) is 2.83. The van der Waals surface area contributed by atoms with Gasteiger partial charge >= 0.3 is 185 Å². The van der Waals surface area contributed by atoms with Crippen molar-refractivity contribution in [2.45, 2.75) is 82.4 Å². The van der Waals surface area contributed by atoms with E-state index in [0.717, 1.165) is 23.7 Å². The SMILES string of the molecule is CCCCCCCCCCCC/C(C(=O)OC)=C(/C(=O)OC)[C@@H]([Se]c1ccccc1)C(=O)O. The molecule has 0 aliphatic carbocycles. The van der Waals surface area contributed by atoms with Crippen molar-refractivity contribution in [2.24, 2.45) is 0 Å². The molecule has 0 saturated carbocycles. The molecular formula is C26H38O6Se. The molecule has 33 heavy (non-hydrogen) atoms. The number of carbonyl (C=O) groups excluding carboxylic acids is 2. The van der Waals surface area contributed by atoms with E-state index >= 15 is 0 Å². The molecule has 0 bridgehead atoms. The van der Waals surface area contributed by atoms with Crippen molar-refractivity contribution in [1.82, 2.24) is 0 Å². The fraction of sp³-hybridized carbons (Fsp3) is 0.577. The molecule has 184 valence electrons.